The number of sulfonamides is 1. The summed E-state index contributed by atoms with van der Waals surface area (Å²) in [7, 11) is 1.31. The quantitative estimate of drug-likeness (QED) is 0.686. The van der Waals surface area contributed by atoms with E-state index in [0.717, 1.165) is 11.1 Å². The average molecular weight is 379 g/mol. The molecule has 0 aliphatic heterocycles. The van der Waals surface area contributed by atoms with Crippen molar-refractivity contribution in [1.29, 1.82) is 0 Å². The van der Waals surface area contributed by atoms with Gasteiger partial charge in [0.05, 0.1) is 27.1 Å². The average Bonchev–Trinajstić information content (AvgIpc) is 2.66. The monoisotopic (exact) mass is 379 g/mol. The Morgan fingerprint density at radius 1 is 0.846 bits per heavy atom. The second-order valence-electron chi connectivity index (χ2n) is 5.73. The van der Waals surface area contributed by atoms with Crippen molar-refractivity contribution in [3.05, 3.63) is 53.6 Å². The van der Waals surface area contributed by atoms with E-state index in [1.807, 2.05) is 42.5 Å². The van der Waals surface area contributed by atoms with E-state index in [1.54, 1.807) is 21.3 Å². The third-order valence-corrected chi connectivity index (χ3v) is 5.35. The van der Waals surface area contributed by atoms with Gasteiger partial charge in [0.15, 0.2) is 11.5 Å². The normalized spacial score (nSPS) is 11.2. The molecule has 6 nitrogen and oxygen atoms in total. The summed E-state index contributed by atoms with van der Waals surface area (Å²) in [4.78, 5) is 0. The molecular weight excluding hydrogens is 354 g/mol. The lowest BCUT2D eigenvalue weighted by Gasteiger charge is -2.14. The van der Waals surface area contributed by atoms with E-state index in [4.69, 9.17) is 14.2 Å². The third kappa shape index (κ3) is 5.64. The van der Waals surface area contributed by atoms with Crippen LogP contribution in [-0.2, 0) is 22.9 Å². The number of ether oxygens (including phenoxy) is 3. The molecule has 0 aliphatic carbocycles. The van der Waals surface area contributed by atoms with Crippen LogP contribution in [0.5, 0.6) is 17.2 Å². The molecule has 2 aromatic rings. The van der Waals surface area contributed by atoms with Crippen molar-refractivity contribution in [2.24, 2.45) is 0 Å². The molecule has 0 aliphatic rings. The summed E-state index contributed by atoms with van der Waals surface area (Å²) in [6.45, 7) is 0.301. The highest BCUT2D eigenvalue weighted by Crippen LogP contribution is 2.38. The highest BCUT2D eigenvalue weighted by molar-refractivity contribution is 7.89. The molecule has 0 fully saturated rings. The minimum Gasteiger partial charge on any atom is -0.493 e. The smallest absolute Gasteiger partial charge is 0.211 e. The van der Waals surface area contributed by atoms with Gasteiger partial charge in [0.2, 0.25) is 15.8 Å². The van der Waals surface area contributed by atoms with Crippen molar-refractivity contribution >= 4 is 10.0 Å². The summed E-state index contributed by atoms with van der Waals surface area (Å²) in [5.74, 6) is 1.68. The second-order valence-corrected chi connectivity index (χ2v) is 7.66. The third-order valence-electron chi connectivity index (χ3n) is 3.96. The van der Waals surface area contributed by atoms with Crippen LogP contribution in [0.3, 0.4) is 0 Å². The fourth-order valence-electron chi connectivity index (χ4n) is 2.60. The van der Waals surface area contributed by atoms with Gasteiger partial charge >= 0.3 is 0 Å². The molecular formula is C19H25NO5S. The van der Waals surface area contributed by atoms with Crippen LogP contribution < -0.4 is 18.9 Å². The number of nitrogens with one attached hydrogen (secondary N) is 1. The lowest BCUT2D eigenvalue weighted by molar-refractivity contribution is 0.324. The number of hydrogen-bond acceptors (Lipinski definition) is 5. The molecule has 0 saturated heterocycles. The molecule has 0 saturated carbocycles. The first kappa shape index (κ1) is 20.1. The number of methoxy groups -OCH3 is 3. The molecule has 0 spiro atoms. The maximum atomic E-state index is 12.2. The van der Waals surface area contributed by atoms with Gasteiger partial charge in [-0.2, -0.15) is 0 Å². The predicted molar refractivity (Wildman–Crippen MR) is 102 cm³/mol. The molecule has 0 aromatic heterocycles. The highest BCUT2D eigenvalue weighted by atomic mass is 32.2. The molecule has 26 heavy (non-hydrogen) atoms. The second kappa shape index (κ2) is 9.45. The van der Waals surface area contributed by atoms with Crippen LogP contribution in [0.25, 0.3) is 0 Å². The topological polar surface area (TPSA) is 73.9 Å². The van der Waals surface area contributed by atoms with Crippen molar-refractivity contribution in [1.82, 2.24) is 4.72 Å². The summed E-state index contributed by atoms with van der Waals surface area (Å²) >= 11 is 0. The van der Waals surface area contributed by atoms with Crippen LogP contribution in [0.15, 0.2) is 42.5 Å². The van der Waals surface area contributed by atoms with E-state index >= 15 is 0 Å². The summed E-state index contributed by atoms with van der Waals surface area (Å²) in [6.07, 6.45) is 1.00. The Hall–Kier alpha value is -2.25. The number of aryl methyl sites for hydroxylation is 1. The van der Waals surface area contributed by atoms with Gasteiger partial charge in [0.1, 0.15) is 0 Å². The molecule has 142 valence electrons. The fourth-order valence-corrected chi connectivity index (χ4v) is 3.66. The largest absolute Gasteiger partial charge is 0.493 e. The van der Waals surface area contributed by atoms with Crippen molar-refractivity contribution in [2.75, 3.05) is 33.6 Å². The lowest BCUT2D eigenvalue weighted by Crippen LogP contribution is -2.29. The highest BCUT2D eigenvalue weighted by Gasteiger charge is 2.14. The van der Waals surface area contributed by atoms with E-state index in [1.165, 1.54) is 0 Å². The van der Waals surface area contributed by atoms with Crippen molar-refractivity contribution < 1.29 is 22.6 Å². The Kier molecular flexibility index (Phi) is 7.29. The van der Waals surface area contributed by atoms with Crippen LogP contribution in [-0.4, -0.2) is 42.0 Å². The van der Waals surface area contributed by atoms with E-state index < -0.39 is 10.0 Å². The van der Waals surface area contributed by atoms with Crippen LogP contribution in [0.1, 0.15) is 11.1 Å². The first-order valence-electron chi connectivity index (χ1n) is 8.29. The maximum Gasteiger partial charge on any atom is 0.211 e. The van der Waals surface area contributed by atoms with Crippen LogP contribution in [0.4, 0.5) is 0 Å². The molecule has 0 bridgehead atoms. The number of benzene rings is 2. The van der Waals surface area contributed by atoms with Crippen molar-refractivity contribution in [3.63, 3.8) is 0 Å². The zero-order valence-electron chi connectivity index (χ0n) is 15.3. The van der Waals surface area contributed by atoms with E-state index in [9.17, 15) is 8.42 Å². The fraction of sp³-hybridized carbons (Fsp3) is 0.368. The molecule has 1 N–H and O–H groups in total. The van der Waals surface area contributed by atoms with Gasteiger partial charge in [0.25, 0.3) is 0 Å². The molecule has 0 amide bonds. The maximum absolute atomic E-state index is 12.2. The van der Waals surface area contributed by atoms with Crippen LogP contribution in [0.2, 0.25) is 0 Å². The Morgan fingerprint density at radius 3 is 2.00 bits per heavy atom. The SMILES string of the molecule is COc1cc(CCNS(=O)(=O)CCc2ccccc2)cc(OC)c1OC. The van der Waals surface area contributed by atoms with Gasteiger partial charge in [-0.15, -0.1) is 0 Å². The van der Waals surface area contributed by atoms with Gasteiger partial charge in [0, 0.05) is 6.54 Å². The summed E-state index contributed by atoms with van der Waals surface area (Å²) in [5.41, 5.74) is 1.90. The Labute approximate surface area is 155 Å². The van der Waals surface area contributed by atoms with Crippen LogP contribution >= 0.6 is 0 Å². The summed E-state index contributed by atoms with van der Waals surface area (Å²) in [5, 5.41) is 0. The van der Waals surface area contributed by atoms with Gasteiger partial charge in [-0.3, -0.25) is 0 Å². The van der Waals surface area contributed by atoms with Gasteiger partial charge < -0.3 is 14.2 Å². The van der Waals surface area contributed by atoms with Gasteiger partial charge in [-0.1, -0.05) is 30.3 Å². The molecule has 2 rings (SSSR count). The van der Waals surface area contributed by atoms with E-state index in [0.29, 0.717) is 36.6 Å². The van der Waals surface area contributed by atoms with Crippen molar-refractivity contribution in [3.8, 4) is 17.2 Å². The van der Waals surface area contributed by atoms with E-state index in [2.05, 4.69) is 4.72 Å². The summed E-state index contributed by atoms with van der Waals surface area (Å²) < 4.78 is 42.9. The minimum atomic E-state index is -3.33. The summed E-state index contributed by atoms with van der Waals surface area (Å²) in [6, 6.07) is 13.2. The standard InChI is InChI=1S/C19H25NO5S/c1-23-17-13-16(14-18(24-2)19(17)25-3)9-11-20-26(21,22)12-10-15-7-5-4-6-8-15/h4-8,13-14,20H,9-12H2,1-3H3. The minimum absolute atomic E-state index is 0.0618. The van der Waals surface area contributed by atoms with Gasteiger partial charge in [-0.25, -0.2) is 13.1 Å². The van der Waals surface area contributed by atoms with Crippen molar-refractivity contribution in [2.45, 2.75) is 12.8 Å². The first-order chi connectivity index (χ1) is 12.5. The molecule has 0 heterocycles. The first-order valence-corrected chi connectivity index (χ1v) is 9.94. The molecule has 2 aromatic carbocycles. The zero-order valence-corrected chi connectivity index (χ0v) is 16.1. The Bertz CT molecular complexity index is 781. The molecule has 0 radical (unpaired) electrons. The Balaban J connectivity index is 1.94. The molecule has 0 atom stereocenters. The molecule has 0 unspecified atom stereocenters. The van der Waals surface area contributed by atoms with E-state index in [-0.39, 0.29) is 5.75 Å². The zero-order chi connectivity index (χ0) is 19.0. The molecule has 7 heteroatoms. The van der Waals surface area contributed by atoms with Crippen LogP contribution in [0, 0.1) is 0 Å². The predicted octanol–water partition coefficient (Wildman–Crippen LogP) is 2.42. The Morgan fingerprint density at radius 2 is 1.46 bits per heavy atom. The number of rotatable bonds is 10. The van der Waals surface area contributed by atoms with Gasteiger partial charge in [-0.05, 0) is 36.1 Å². The number of hydrogen-bond donors (Lipinski definition) is 1. The lowest BCUT2D eigenvalue weighted by atomic mass is 10.1.